The van der Waals surface area contributed by atoms with Crippen LogP contribution < -0.4 is 5.73 Å². The third-order valence-electron chi connectivity index (χ3n) is 3.82. The molecule has 0 spiro atoms. The van der Waals surface area contributed by atoms with Crippen LogP contribution in [0.1, 0.15) is 62.1 Å². The van der Waals surface area contributed by atoms with Gasteiger partial charge in [-0.15, -0.1) is 0 Å². The average molecular weight is 473 g/mol. The predicted octanol–water partition coefficient (Wildman–Crippen LogP) is 1.13. The van der Waals surface area contributed by atoms with Gasteiger partial charge in [0.15, 0.2) is 0 Å². The lowest BCUT2D eigenvalue weighted by atomic mass is 10.0. The van der Waals surface area contributed by atoms with E-state index in [-0.39, 0.29) is 0 Å². The Morgan fingerprint density at radius 2 is 0.971 bits per heavy atom. The number of nitrogens with two attached hydrogens (primary N) is 1. The van der Waals surface area contributed by atoms with Gasteiger partial charge in [0.05, 0.1) is 33.4 Å². The van der Waals surface area contributed by atoms with Crippen LogP contribution in [0.15, 0.2) is 49.1 Å². The maximum absolute atomic E-state index is 12.2. The fourth-order valence-corrected chi connectivity index (χ4v) is 2.26. The van der Waals surface area contributed by atoms with Gasteiger partial charge in [-0.1, -0.05) is 6.58 Å². The number of carbonyl (C=O) groups excluding carboxylic acids is 3. The van der Waals surface area contributed by atoms with Gasteiger partial charge in [-0.05, 0) is 42.5 Å². The second kappa shape index (κ2) is 11.3. The molecule has 34 heavy (non-hydrogen) atoms. The molecule has 0 radical (unpaired) electrons. The number of hydrogen-bond donors (Lipinski definition) is 5. The molecule has 1 amide bonds. The van der Waals surface area contributed by atoms with E-state index >= 15 is 0 Å². The molecule has 2 rings (SSSR count). The summed E-state index contributed by atoms with van der Waals surface area (Å²) in [6.45, 7) is 3.09. The number of amides is 1. The van der Waals surface area contributed by atoms with E-state index in [1.165, 1.54) is 0 Å². The van der Waals surface area contributed by atoms with E-state index in [4.69, 9.17) is 20.4 Å². The standard InChI is InChI=1S/C18H10O11.C3H5NO/c19-13(20)7-1-3-9(11(5-7)15(23)24)17(27)29-18(28)10-4-2-8(14(21)22)6-12(10)16(25)26;1-2-3(4)5/h1-6H,(H,19,20)(H,21,22)(H,23,24)(H,25,26);2H,1H2,(H2,4,5). The van der Waals surface area contributed by atoms with Gasteiger partial charge in [-0.25, -0.2) is 28.8 Å². The average Bonchev–Trinajstić information content (AvgIpc) is 2.78. The normalized spacial score (nSPS) is 9.53. The van der Waals surface area contributed by atoms with Crippen molar-refractivity contribution in [1.82, 2.24) is 0 Å². The lowest BCUT2D eigenvalue weighted by Gasteiger charge is -2.09. The first-order chi connectivity index (χ1) is 15.8. The van der Waals surface area contributed by atoms with E-state index in [0.29, 0.717) is 12.1 Å². The van der Waals surface area contributed by atoms with E-state index in [0.717, 1.165) is 30.3 Å². The van der Waals surface area contributed by atoms with Gasteiger partial charge >= 0.3 is 35.8 Å². The second-order valence-corrected chi connectivity index (χ2v) is 6.02. The van der Waals surface area contributed by atoms with E-state index in [1.807, 2.05) is 0 Å². The minimum Gasteiger partial charge on any atom is -0.478 e. The first kappa shape index (κ1) is 26.7. The zero-order valence-corrected chi connectivity index (χ0v) is 16.9. The van der Waals surface area contributed by atoms with Crippen LogP contribution >= 0.6 is 0 Å². The van der Waals surface area contributed by atoms with Crippen molar-refractivity contribution in [1.29, 1.82) is 0 Å². The number of carboxylic acids is 4. The molecule has 6 N–H and O–H groups in total. The highest BCUT2D eigenvalue weighted by atomic mass is 16.6. The topological polar surface area (TPSA) is 236 Å². The van der Waals surface area contributed by atoms with E-state index < -0.39 is 75.1 Å². The van der Waals surface area contributed by atoms with Crippen LogP contribution in [0.5, 0.6) is 0 Å². The molecule has 0 unspecified atom stereocenters. The molecule has 2 aromatic carbocycles. The quantitative estimate of drug-likeness (QED) is 0.216. The lowest BCUT2D eigenvalue weighted by molar-refractivity contribution is -0.113. The number of primary amides is 1. The van der Waals surface area contributed by atoms with E-state index in [1.54, 1.807) is 0 Å². The zero-order chi connectivity index (χ0) is 26.2. The van der Waals surface area contributed by atoms with Crippen LogP contribution in [-0.2, 0) is 9.53 Å². The summed E-state index contributed by atoms with van der Waals surface area (Å²) in [6, 6.07) is 4.87. The van der Waals surface area contributed by atoms with Crippen molar-refractivity contribution >= 4 is 41.7 Å². The summed E-state index contributed by atoms with van der Waals surface area (Å²) in [7, 11) is 0. The molecule has 0 aliphatic heterocycles. The number of carbonyl (C=O) groups is 7. The van der Waals surface area contributed by atoms with Gasteiger partial charge in [0.1, 0.15) is 0 Å². The van der Waals surface area contributed by atoms with Crippen molar-refractivity contribution < 1.29 is 58.7 Å². The van der Waals surface area contributed by atoms with Crippen molar-refractivity contribution in [2.45, 2.75) is 0 Å². The summed E-state index contributed by atoms with van der Waals surface area (Å²) in [5.74, 6) is -9.65. The van der Waals surface area contributed by atoms with Gasteiger partial charge < -0.3 is 30.9 Å². The first-order valence-corrected chi connectivity index (χ1v) is 8.69. The molecule has 176 valence electrons. The Morgan fingerprint density at radius 1 is 0.647 bits per heavy atom. The van der Waals surface area contributed by atoms with Crippen molar-refractivity contribution in [3.05, 3.63) is 82.4 Å². The minimum absolute atomic E-state index is 0.428. The van der Waals surface area contributed by atoms with Crippen LogP contribution in [0.2, 0.25) is 0 Å². The van der Waals surface area contributed by atoms with Gasteiger partial charge in [0.25, 0.3) is 0 Å². The Balaban J connectivity index is 0.00000104. The molecule has 0 saturated carbocycles. The van der Waals surface area contributed by atoms with Crippen LogP contribution in [0.4, 0.5) is 0 Å². The van der Waals surface area contributed by atoms with E-state index in [9.17, 15) is 33.6 Å². The number of carboxylic acid groups (broad SMARTS) is 4. The molecule has 0 bridgehead atoms. The van der Waals surface area contributed by atoms with Crippen LogP contribution in [0.25, 0.3) is 0 Å². The smallest absolute Gasteiger partial charge is 0.346 e. The number of hydrogen-bond acceptors (Lipinski definition) is 8. The minimum atomic E-state index is -1.66. The van der Waals surface area contributed by atoms with Gasteiger partial charge in [-0.3, -0.25) is 4.79 Å². The largest absolute Gasteiger partial charge is 0.478 e. The van der Waals surface area contributed by atoms with Crippen LogP contribution in [0, 0.1) is 0 Å². The SMILES string of the molecule is C=CC(N)=O.O=C(O)c1ccc(C(=O)OC(=O)c2ccc(C(=O)O)cc2C(=O)O)c(C(=O)O)c1. The number of aromatic carboxylic acids is 4. The Labute approximate surface area is 189 Å². The zero-order valence-electron chi connectivity index (χ0n) is 16.9. The maximum atomic E-state index is 12.2. The lowest BCUT2D eigenvalue weighted by Crippen LogP contribution is -2.19. The summed E-state index contributed by atoms with van der Waals surface area (Å²) in [4.78, 5) is 78.3. The molecule has 13 nitrogen and oxygen atoms in total. The molecule has 0 aliphatic rings. The van der Waals surface area contributed by atoms with Crippen molar-refractivity contribution in [3.8, 4) is 0 Å². The number of rotatable bonds is 7. The highest BCUT2D eigenvalue weighted by Crippen LogP contribution is 2.18. The molecule has 0 heterocycles. The Hall–Kier alpha value is -5.33. The molecule has 0 aromatic heterocycles. The molecular weight excluding hydrogens is 458 g/mol. The number of benzene rings is 2. The Morgan fingerprint density at radius 3 is 1.21 bits per heavy atom. The summed E-state index contributed by atoms with van der Waals surface area (Å²) < 4.78 is 4.51. The third kappa shape index (κ3) is 6.84. The fourth-order valence-electron chi connectivity index (χ4n) is 2.26. The fraction of sp³-hybridized carbons (Fsp3) is 0. The predicted molar refractivity (Wildman–Crippen MR) is 110 cm³/mol. The molecule has 0 aliphatic carbocycles. The maximum Gasteiger partial charge on any atom is 0.346 e. The van der Waals surface area contributed by atoms with Crippen molar-refractivity contribution in [3.63, 3.8) is 0 Å². The third-order valence-corrected chi connectivity index (χ3v) is 3.82. The Bertz CT molecular complexity index is 1140. The molecule has 2 aromatic rings. The summed E-state index contributed by atoms with van der Waals surface area (Å²) in [5.41, 5.74) is 0.896. The molecule has 0 atom stereocenters. The second-order valence-electron chi connectivity index (χ2n) is 6.02. The summed E-state index contributed by atoms with van der Waals surface area (Å²) in [5, 5.41) is 36.1. The molecular formula is C21H15NO12. The van der Waals surface area contributed by atoms with Crippen LogP contribution in [0.3, 0.4) is 0 Å². The van der Waals surface area contributed by atoms with E-state index in [2.05, 4.69) is 17.0 Å². The van der Waals surface area contributed by atoms with Gasteiger partial charge in [0, 0.05) is 0 Å². The molecule has 0 saturated heterocycles. The molecule has 0 fully saturated rings. The highest BCUT2D eigenvalue weighted by molar-refractivity contribution is 6.11. The van der Waals surface area contributed by atoms with Gasteiger partial charge in [0.2, 0.25) is 5.91 Å². The highest BCUT2D eigenvalue weighted by Gasteiger charge is 2.26. The van der Waals surface area contributed by atoms with Gasteiger partial charge in [-0.2, -0.15) is 0 Å². The Kier molecular flexibility index (Phi) is 8.90. The monoisotopic (exact) mass is 473 g/mol. The first-order valence-electron chi connectivity index (χ1n) is 8.69. The number of ether oxygens (including phenoxy) is 1. The summed E-state index contributed by atoms with van der Waals surface area (Å²) >= 11 is 0. The number of esters is 2. The van der Waals surface area contributed by atoms with Crippen molar-refractivity contribution in [2.24, 2.45) is 5.73 Å². The van der Waals surface area contributed by atoms with Crippen molar-refractivity contribution in [2.75, 3.05) is 0 Å². The van der Waals surface area contributed by atoms with Crippen LogP contribution in [-0.4, -0.2) is 62.1 Å². The molecule has 13 heteroatoms. The summed E-state index contributed by atoms with van der Waals surface area (Å²) in [6.07, 6.45) is 1.06.